The highest BCUT2D eigenvalue weighted by atomic mass is 16.5. The van der Waals surface area contributed by atoms with Gasteiger partial charge in [0.25, 0.3) is 0 Å². The van der Waals surface area contributed by atoms with E-state index in [1.54, 1.807) is 36.4 Å². The maximum absolute atomic E-state index is 11.5. The predicted molar refractivity (Wildman–Crippen MR) is 91.4 cm³/mol. The van der Waals surface area contributed by atoms with E-state index in [9.17, 15) is 15.0 Å². The number of ether oxygens (including phenoxy) is 1. The van der Waals surface area contributed by atoms with Gasteiger partial charge in [-0.25, -0.2) is 4.79 Å². The zero-order valence-corrected chi connectivity index (χ0v) is 13.3. The smallest absolute Gasteiger partial charge is 0.331 e. The number of phenolic OH excluding ortho intramolecular Hbond substituents is 1. The van der Waals surface area contributed by atoms with Gasteiger partial charge in [-0.15, -0.1) is 0 Å². The third kappa shape index (κ3) is 3.38. The highest BCUT2D eigenvalue weighted by Gasteiger charge is 2.18. The second-order valence-electron chi connectivity index (χ2n) is 5.18. The van der Waals surface area contributed by atoms with Crippen molar-refractivity contribution in [3.05, 3.63) is 64.7 Å². The second kappa shape index (κ2) is 6.87. The van der Waals surface area contributed by atoms with Crippen molar-refractivity contribution >= 4 is 17.4 Å². The van der Waals surface area contributed by atoms with Crippen LogP contribution in [0.4, 0.5) is 0 Å². The number of benzene rings is 2. The molecule has 2 aromatic carbocycles. The molecular weight excluding hydrogens is 308 g/mol. The van der Waals surface area contributed by atoms with Gasteiger partial charge in [0.2, 0.25) is 0 Å². The van der Waals surface area contributed by atoms with Crippen LogP contribution in [0, 0.1) is 5.41 Å². The van der Waals surface area contributed by atoms with Crippen LogP contribution in [-0.2, 0) is 4.79 Å². The summed E-state index contributed by atoms with van der Waals surface area (Å²) in [4.78, 5) is 11.5. The molecule has 0 saturated carbocycles. The number of aliphatic carboxylic acids is 1. The van der Waals surface area contributed by atoms with E-state index in [0.717, 1.165) is 0 Å². The molecule has 124 valence electrons. The number of carboxylic acid groups (broad SMARTS) is 1. The molecule has 0 aliphatic carbocycles. The van der Waals surface area contributed by atoms with E-state index in [1.807, 2.05) is 0 Å². The lowest BCUT2D eigenvalue weighted by Gasteiger charge is -2.14. The second-order valence-corrected chi connectivity index (χ2v) is 5.18. The van der Waals surface area contributed by atoms with Gasteiger partial charge in [-0.2, -0.15) is 0 Å². The molecule has 0 aliphatic heterocycles. The molecule has 0 saturated heterocycles. The van der Waals surface area contributed by atoms with Gasteiger partial charge < -0.3 is 20.7 Å². The number of hydrogen-bond acceptors (Lipinski definition) is 4. The van der Waals surface area contributed by atoms with Crippen LogP contribution in [0.3, 0.4) is 0 Å². The van der Waals surface area contributed by atoms with Crippen molar-refractivity contribution in [2.45, 2.75) is 6.92 Å². The topological polar surface area (TPSA) is 117 Å². The van der Waals surface area contributed by atoms with Gasteiger partial charge in [0.15, 0.2) is 0 Å². The van der Waals surface area contributed by atoms with Crippen LogP contribution in [0.1, 0.15) is 23.6 Å². The summed E-state index contributed by atoms with van der Waals surface area (Å²) in [7, 11) is 1.49. The van der Waals surface area contributed by atoms with Crippen molar-refractivity contribution in [2.75, 3.05) is 7.11 Å². The minimum Gasteiger partial charge on any atom is -0.507 e. The van der Waals surface area contributed by atoms with Crippen molar-refractivity contribution in [1.29, 1.82) is 5.41 Å². The Bertz CT molecular complexity index is 823. The van der Waals surface area contributed by atoms with Gasteiger partial charge in [-0.1, -0.05) is 24.3 Å². The number of methoxy groups -OCH3 is 1. The first-order valence-electron chi connectivity index (χ1n) is 7.11. The van der Waals surface area contributed by atoms with E-state index < -0.39 is 5.97 Å². The summed E-state index contributed by atoms with van der Waals surface area (Å²) in [5.74, 6) is -0.727. The molecular formula is C18H18N2O4. The van der Waals surface area contributed by atoms with Crippen molar-refractivity contribution in [1.82, 2.24) is 0 Å². The molecule has 0 radical (unpaired) electrons. The molecule has 0 aliphatic rings. The number of carbonyl (C=O) groups is 1. The summed E-state index contributed by atoms with van der Waals surface area (Å²) >= 11 is 0. The average Bonchev–Trinajstić information content (AvgIpc) is 2.57. The first kappa shape index (κ1) is 17.1. The summed E-state index contributed by atoms with van der Waals surface area (Å²) in [5.41, 5.74) is 7.36. The van der Waals surface area contributed by atoms with Crippen molar-refractivity contribution < 1.29 is 19.7 Å². The number of hydrogen-bond donors (Lipinski definition) is 4. The fourth-order valence-corrected chi connectivity index (χ4v) is 2.34. The first-order chi connectivity index (χ1) is 11.3. The number of nitrogen functional groups attached to an aromatic ring is 1. The van der Waals surface area contributed by atoms with Gasteiger partial charge in [-0.3, -0.25) is 5.41 Å². The number of carboxylic acids is 1. The standard InChI is InChI=1S/C18H18N2O4/c1-10(18(22)23)16(11-3-5-12(6-4-11)17(19)20)14-9-13(24-2)7-8-15(14)21/h3-9,21H,1-2H3,(H3,19,20)(H,22,23)/b16-10+. The number of aromatic hydroxyl groups is 1. The lowest BCUT2D eigenvalue weighted by molar-refractivity contribution is -0.132. The van der Waals surface area contributed by atoms with Crippen LogP contribution in [0.15, 0.2) is 48.0 Å². The Morgan fingerprint density at radius 2 is 1.71 bits per heavy atom. The van der Waals surface area contributed by atoms with Crippen molar-refractivity contribution in [3.8, 4) is 11.5 Å². The van der Waals surface area contributed by atoms with Crippen LogP contribution in [0.25, 0.3) is 5.57 Å². The minimum atomic E-state index is -1.09. The van der Waals surface area contributed by atoms with Crippen molar-refractivity contribution in [3.63, 3.8) is 0 Å². The molecule has 0 fully saturated rings. The normalized spacial score (nSPS) is 11.6. The Hall–Kier alpha value is -3.28. The lowest BCUT2D eigenvalue weighted by Crippen LogP contribution is -2.10. The number of nitrogens with two attached hydrogens (primary N) is 1. The molecule has 0 aromatic heterocycles. The highest BCUT2D eigenvalue weighted by Crippen LogP contribution is 2.35. The first-order valence-corrected chi connectivity index (χ1v) is 7.11. The summed E-state index contributed by atoms with van der Waals surface area (Å²) < 4.78 is 5.16. The molecule has 24 heavy (non-hydrogen) atoms. The van der Waals surface area contributed by atoms with E-state index in [0.29, 0.717) is 28.0 Å². The van der Waals surface area contributed by atoms with Crippen LogP contribution in [0.2, 0.25) is 0 Å². The zero-order valence-electron chi connectivity index (χ0n) is 13.3. The third-order valence-electron chi connectivity index (χ3n) is 3.65. The van der Waals surface area contributed by atoms with E-state index in [-0.39, 0.29) is 17.2 Å². The Morgan fingerprint density at radius 1 is 1.12 bits per heavy atom. The minimum absolute atomic E-state index is 0.0537. The fraction of sp³-hybridized carbons (Fsp3) is 0.111. The van der Waals surface area contributed by atoms with E-state index >= 15 is 0 Å². The molecule has 0 bridgehead atoms. The fourth-order valence-electron chi connectivity index (χ4n) is 2.34. The third-order valence-corrected chi connectivity index (χ3v) is 3.65. The summed E-state index contributed by atoms with van der Waals surface area (Å²) in [6.07, 6.45) is 0. The van der Waals surface area contributed by atoms with Crippen molar-refractivity contribution in [2.24, 2.45) is 5.73 Å². The predicted octanol–water partition coefficient (Wildman–Crippen LogP) is 2.59. The average molecular weight is 326 g/mol. The van der Waals surface area contributed by atoms with E-state index in [2.05, 4.69) is 0 Å². The summed E-state index contributed by atoms with van der Waals surface area (Å²) in [6.45, 7) is 1.47. The molecule has 2 aromatic rings. The summed E-state index contributed by atoms with van der Waals surface area (Å²) in [5, 5.41) is 27.0. The number of amidine groups is 1. The Balaban J connectivity index is 2.70. The molecule has 0 atom stereocenters. The van der Waals surface area contributed by atoms with Gasteiger partial charge in [0.05, 0.1) is 7.11 Å². The lowest BCUT2D eigenvalue weighted by atomic mass is 9.92. The van der Waals surface area contributed by atoms with Crippen LogP contribution < -0.4 is 10.5 Å². The molecule has 6 nitrogen and oxygen atoms in total. The molecule has 0 heterocycles. The largest absolute Gasteiger partial charge is 0.507 e. The maximum Gasteiger partial charge on any atom is 0.331 e. The van der Waals surface area contributed by atoms with E-state index in [1.165, 1.54) is 20.1 Å². The van der Waals surface area contributed by atoms with Crippen LogP contribution in [0.5, 0.6) is 11.5 Å². The van der Waals surface area contributed by atoms with Crippen LogP contribution >= 0.6 is 0 Å². The van der Waals surface area contributed by atoms with Crippen LogP contribution in [-0.4, -0.2) is 29.1 Å². The zero-order chi connectivity index (χ0) is 17.9. The number of rotatable bonds is 5. The Labute approximate surface area is 139 Å². The monoisotopic (exact) mass is 326 g/mol. The molecule has 0 unspecified atom stereocenters. The number of nitrogens with one attached hydrogen (secondary N) is 1. The number of phenols is 1. The quantitative estimate of drug-likeness (QED) is 0.383. The van der Waals surface area contributed by atoms with Gasteiger partial charge in [0, 0.05) is 22.3 Å². The van der Waals surface area contributed by atoms with Gasteiger partial charge in [-0.05, 0) is 30.7 Å². The highest BCUT2D eigenvalue weighted by molar-refractivity contribution is 6.02. The molecule has 5 N–H and O–H groups in total. The Kier molecular flexibility index (Phi) is 4.89. The summed E-state index contributed by atoms with van der Waals surface area (Å²) in [6, 6.07) is 11.2. The van der Waals surface area contributed by atoms with Gasteiger partial charge >= 0.3 is 5.97 Å². The molecule has 6 heteroatoms. The molecule has 2 rings (SSSR count). The maximum atomic E-state index is 11.5. The Morgan fingerprint density at radius 3 is 2.21 bits per heavy atom. The van der Waals surface area contributed by atoms with Gasteiger partial charge in [0.1, 0.15) is 17.3 Å². The SMILES string of the molecule is COc1ccc(O)c(/C(=C(\C)C(=O)O)c2ccc(C(=N)N)cc2)c1. The molecule has 0 spiro atoms. The van der Waals surface area contributed by atoms with E-state index in [4.69, 9.17) is 15.9 Å². The molecule has 0 amide bonds.